The van der Waals surface area contributed by atoms with Crippen LogP contribution in [-0.4, -0.2) is 24.6 Å². The van der Waals surface area contributed by atoms with Gasteiger partial charge in [-0.3, -0.25) is 0 Å². The van der Waals surface area contributed by atoms with Gasteiger partial charge in [0, 0.05) is 24.5 Å². The quantitative estimate of drug-likeness (QED) is 0.907. The number of nitrogens with zero attached hydrogens (tertiary/aromatic N) is 2. The van der Waals surface area contributed by atoms with E-state index in [1.807, 2.05) is 11.3 Å². The van der Waals surface area contributed by atoms with Crippen LogP contribution in [0, 0.1) is 18.8 Å². The second-order valence-electron chi connectivity index (χ2n) is 5.64. The van der Waals surface area contributed by atoms with Crippen molar-refractivity contribution in [2.75, 3.05) is 24.5 Å². The lowest BCUT2D eigenvalue weighted by molar-refractivity contribution is 0.494. The molecule has 1 saturated carbocycles. The number of aromatic nitrogens is 1. The van der Waals surface area contributed by atoms with Crippen molar-refractivity contribution in [3.8, 4) is 0 Å². The molecular formula is C14H23N3S. The Kier molecular flexibility index (Phi) is 3.57. The van der Waals surface area contributed by atoms with Gasteiger partial charge in [-0.05, 0) is 38.1 Å². The molecule has 2 aliphatic rings. The van der Waals surface area contributed by atoms with Crippen molar-refractivity contribution in [2.24, 2.45) is 11.8 Å². The maximum atomic E-state index is 4.78. The minimum atomic E-state index is 0.950. The van der Waals surface area contributed by atoms with Crippen molar-refractivity contribution in [3.05, 3.63) is 10.6 Å². The van der Waals surface area contributed by atoms with Crippen molar-refractivity contribution < 1.29 is 0 Å². The van der Waals surface area contributed by atoms with Gasteiger partial charge in [-0.1, -0.05) is 13.3 Å². The van der Waals surface area contributed by atoms with Crippen LogP contribution in [-0.2, 0) is 6.54 Å². The van der Waals surface area contributed by atoms with Crippen LogP contribution >= 0.6 is 11.3 Å². The Morgan fingerprint density at radius 1 is 1.33 bits per heavy atom. The number of rotatable bonds is 4. The summed E-state index contributed by atoms with van der Waals surface area (Å²) < 4.78 is 0. The van der Waals surface area contributed by atoms with Crippen LogP contribution in [0.1, 0.15) is 36.8 Å². The summed E-state index contributed by atoms with van der Waals surface area (Å²) in [6, 6.07) is 0. The van der Waals surface area contributed by atoms with E-state index in [1.165, 1.54) is 48.1 Å². The molecule has 1 aromatic heterocycles. The third-order valence-electron chi connectivity index (χ3n) is 4.41. The Morgan fingerprint density at radius 2 is 2.06 bits per heavy atom. The summed E-state index contributed by atoms with van der Waals surface area (Å²) in [5.74, 6) is 1.90. The highest BCUT2D eigenvalue weighted by molar-refractivity contribution is 7.15. The fourth-order valence-electron chi connectivity index (χ4n) is 3.34. The lowest BCUT2D eigenvalue weighted by atomic mass is 10.0. The third-order valence-corrected chi connectivity index (χ3v) is 5.63. The molecule has 0 amide bonds. The summed E-state index contributed by atoms with van der Waals surface area (Å²) >= 11 is 1.89. The maximum absolute atomic E-state index is 4.78. The average Bonchev–Trinajstić information content (AvgIpc) is 2.99. The number of anilines is 1. The van der Waals surface area contributed by atoms with Crippen LogP contribution in [0.3, 0.4) is 0 Å². The van der Waals surface area contributed by atoms with Gasteiger partial charge in [-0.2, -0.15) is 0 Å². The van der Waals surface area contributed by atoms with Crippen molar-refractivity contribution in [2.45, 2.75) is 39.7 Å². The molecule has 1 N–H and O–H groups in total. The van der Waals surface area contributed by atoms with Gasteiger partial charge in [-0.15, -0.1) is 11.3 Å². The number of hydrogen-bond donors (Lipinski definition) is 1. The smallest absolute Gasteiger partial charge is 0.185 e. The Hall–Kier alpha value is -0.610. The number of nitrogens with one attached hydrogen (secondary N) is 1. The topological polar surface area (TPSA) is 28.2 Å². The second kappa shape index (κ2) is 5.17. The first-order valence-corrected chi connectivity index (χ1v) is 8.01. The zero-order valence-electron chi connectivity index (χ0n) is 11.4. The minimum absolute atomic E-state index is 0.950. The summed E-state index contributed by atoms with van der Waals surface area (Å²) in [6.07, 6.45) is 4.33. The highest BCUT2D eigenvalue weighted by atomic mass is 32.1. The molecule has 100 valence electrons. The van der Waals surface area contributed by atoms with Crippen LogP contribution in [0.25, 0.3) is 0 Å². The predicted octanol–water partition coefficient (Wildman–Crippen LogP) is 2.80. The van der Waals surface area contributed by atoms with Gasteiger partial charge < -0.3 is 10.2 Å². The monoisotopic (exact) mass is 265 g/mol. The van der Waals surface area contributed by atoms with E-state index in [0.717, 1.165) is 24.9 Å². The van der Waals surface area contributed by atoms with Crippen molar-refractivity contribution in [1.82, 2.24) is 10.3 Å². The molecule has 0 aromatic carbocycles. The number of thiazole rings is 1. The first-order valence-electron chi connectivity index (χ1n) is 7.20. The van der Waals surface area contributed by atoms with Gasteiger partial charge in [0.05, 0.1) is 5.69 Å². The first kappa shape index (κ1) is 12.4. The molecule has 3 rings (SSSR count). The molecule has 1 aliphatic heterocycles. The molecule has 2 heterocycles. The van der Waals surface area contributed by atoms with E-state index in [-0.39, 0.29) is 0 Å². The van der Waals surface area contributed by atoms with Crippen molar-refractivity contribution in [3.63, 3.8) is 0 Å². The highest BCUT2D eigenvalue weighted by Crippen LogP contribution is 2.40. The minimum Gasteiger partial charge on any atom is -0.348 e. The second-order valence-corrected chi connectivity index (χ2v) is 6.70. The van der Waals surface area contributed by atoms with E-state index in [9.17, 15) is 0 Å². The molecule has 4 heteroatoms. The van der Waals surface area contributed by atoms with Crippen LogP contribution in [0.5, 0.6) is 0 Å². The van der Waals surface area contributed by atoms with E-state index in [4.69, 9.17) is 4.98 Å². The summed E-state index contributed by atoms with van der Waals surface area (Å²) in [6.45, 7) is 8.79. The standard InChI is InChI=1S/C14H23N3S/c1-3-15-7-13-10(2)16-14(18-13)17-8-11-5-4-6-12(11)9-17/h11-12,15H,3-9H2,1-2H3. The van der Waals surface area contributed by atoms with Crippen molar-refractivity contribution in [1.29, 1.82) is 0 Å². The van der Waals surface area contributed by atoms with Gasteiger partial charge in [0.15, 0.2) is 5.13 Å². The average molecular weight is 265 g/mol. The molecule has 2 fully saturated rings. The van der Waals surface area contributed by atoms with Gasteiger partial charge in [0.1, 0.15) is 0 Å². The van der Waals surface area contributed by atoms with Gasteiger partial charge in [0.25, 0.3) is 0 Å². The summed E-state index contributed by atoms with van der Waals surface area (Å²) in [4.78, 5) is 8.71. The van der Waals surface area contributed by atoms with Crippen LogP contribution in [0.15, 0.2) is 0 Å². The first-order chi connectivity index (χ1) is 8.78. The maximum Gasteiger partial charge on any atom is 0.185 e. The Balaban J connectivity index is 1.69. The molecule has 1 aliphatic carbocycles. The van der Waals surface area contributed by atoms with E-state index in [2.05, 4.69) is 24.1 Å². The Bertz CT molecular complexity index is 403. The number of aryl methyl sites for hydroxylation is 1. The van der Waals surface area contributed by atoms with E-state index in [0.29, 0.717) is 0 Å². The molecule has 0 bridgehead atoms. The van der Waals surface area contributed by atoms with E-state index < -0.39 is 0 Å². The van der Waals surface area contributed by atoms with Crippen LogP contribution in [0.4, 0.5) is 5.13 Å². The predicted molar refractivity (Wildman–Crippen MR) is 77.3 cm³/mol. The van der Waals surface area contributed by atoms with E-state index >= 15 is 0 Å². The zero-order valence-corrected chi connectivity index (χ0v) is 12.2. The molecule has 0 spiro atoms. The van der Waals surface area contributed by atoms with Gasteiger partial charge in [0.2, 0.25) is 0 Å². The summed E-state index contributed by atoms with van der Waals surface area (Å²) in [7, 11) is 0. The lowest BCUT2D eigenvalue weighted by Gasteiger charge is -2.15. The van der Waals surface area contributed by atoms with Crippen LogP contribution < -0.4 is 10.2 Å². The normalized spacial score (nSPS) is 26.9. The fourth-order valence-corrected chi connectivity index (χ4v) is 4.39. The molecule has 2 unspecified atom stereocenters. The molecule has 18 heavy (non-hydrogen) atoms. The zero-order chi connectivity index (χ0) is 12.5. The summed E-state index contributed by atoms with van der Waals surface area (Å²) in [5.41, 5.74) is 1.22. The summed E-state index contributed by atoms with van der Waals surface area (Å²) in [5, 5.41) is 4.66. The fraction of sp³-hybridized carbons (Fsp3) is 0.786. The molecular weight excluding hydrogens is 242 g/mol. The SMILES string of the molecule is CCNCc1sc(N2CC3CCCC3C2)nc1C. The molecule has 3 nitrogen and oxygen atoms in total. The van der Waals surface area contributed by atoms with Crippen LogP contribution in [0.2, 0.25) is 0 Å². The van der Waals surface area contributed by atoms with Crippen molar-refractivity contribution >= 4 is 16.5 Å². The lowest BCUT2D eigenvalue weighted by Crippen LogP contribution is -2.20. The van der Waals surface area contributed by atoms with Gasteiger partial charge in [-0.25, -0.2) is 4.98 Å². The Labute approximate surface area is 114 Å². The third kappa shape index (κ3) is 2.28. The molecule has 1 saturated heterocycles. The largest absolute Gasteiger partial charge is 0.348 e. The Morgan fingerprint density at radius 3 is 2.72 bits per heavy atom. The number of hydrogen-bond acceptors (Lipinski definition) is 4. The molecule has 0 radical (unpaired) electrons. The molecule has 1 aromatic rings. The molecule has 2 atom stereocenters. The van der Waals surface area contributed by atoms with E-state index in [1.54, 1.807) is 0 Å². The van der Waals surface area contributed by atoms with Gasteiger partial charge >= 0.3 is 0 Å². The highest BCUT2D eigenvalue weighted by Gasteiger charge is 2.37. The number of fused-ring (bicyclic) bond motifs is 1.